The molecule has 0 bridgehead atoms. The molecule has 0 saturated heterocycles. The van der Waals surface area contributed by atoms with Gasteiger partial charge in [-0.2, -0.15) is 4.98 Å². The summed E-state index contributed by atoms with van der Waals surface area (Å²) in [4.78, 5) is 9.29. The highest BCUT2D eigenvalue weighted by Gasteiger charge is 2.10. The zero-order valence-electron chi connectivity index (χ0n) is 17.6. The molecule has 0 aliphatic rings. The third-order valence-electron chi connectivity index (χ3n) is 4.46. The molecule has 0 aliphatic heterocycles. The van der Waals surface area contributed by atoms with Crippen LogP contribution in [0.25, 0.3) is 0 Å². The number of rotatable bonds is 6. The van der Waals surface area contributed by atoms with Crippen LogP contribution in [0.2, 0.25) is 0 Å². The number of aliphatic hydroxyl groups is 1. The van der Waals surface area contributed by atoms with Crippen molar-refractivity contribution >= 4 is 27.2 Å². The van der Waals surface area contributed by atoms with Gasteiger partial charge in [0.25, 0.3) is 0 Å². The molecule has 0 spiro atoms. The van der Waals surface area contributed by atoms with E-state index in [9.17, 15) is 9.32 Å². The summed E-state index contributed by atoms with van der Waals surface area (Å²) < 4.78 is 19.8. The first kappa shape index (κ1) is 22.3. The van der Waals surface area contributed by atoms with Gasteiger partial charge in [0.15, 0.2) is 0 Å². The van der Waals surface area contributed by atoms with E-state index in [-0.39, 0.29) is 12.6 Å². The van der Waals surface area contributed by atoms with Gasteiger partial charge >= 0.3 is 0 Å². The van der Waals surface area contributed by atoms with Crippen LogP contribution < -0.4 is 10.6 Å². The Balaban J connectivity index is 1.94. The first-order chi connectivity index (χ1) is 14.8. The average molecular weight is 436 g/mol. The maximum atomic E-state index is 12.0. The Morgan fingerprint density at radius 3 is 2.61 bits per heavy atom. The van der Waals surface area contributed by atoms with Gasteiger partial charge in [0.2, 0.25) is 5.95 Å². The van der Waals surface area contributed by atoms with Crippen molar-refractivity contribution < 1.29 is 9.32 Å². The van der Waals surface area contributed by atoms with Crippen molar-refractivity contribution in [2.75, 3.05) is 23.5 Å². The Labute approximate surface area is 183 Å². The summed E-state index contributed by atoms with van der Waals surface area (Å²) in [6.45, 7) is 3.78. The van der Waals surface area contributed by atoms with Crippen molar-refractivity contribution in [1.82, 2.24) is 9.97 Å². The number of benzene rings is 2. The van der Waals surface area contributed by atoms with Gasteiger partial charge in [0.1, 0.15) is 5.82 Å². The fourth-order valence-corrected chi connectivity index (χ4v) is 3.41. The Morgan fingerprint density at radius 1 is 1.16 bits per heavy atom. The summed E-state index contributed by atoms with van der Waals surface area (Å²) in [5.74, 6) is 7.07. The van der Waals surface area contributed by atoms with Gasteiger partial charge in [-0.25, -0.2) is 14.0 Å². The summed E-state index contributed by atoms with van der Waals surface area (Å²) >= 11 is 0. The Morgan fingerprint density at radius 2 is 1.90 bits per heavy atom. The van der Waals surface area contributed by atoms with Crippen LogP contribution in [0.5, 0.6) is 0 Å². The lowest BCUT2D eigenvalue weighted by Gasteiger charge is -2.14. The highest BCUT2D eigenvalue weighted by molar-refractivity contribution is 7.91. The molecular weight excluding hydrogens is 410 g/mol. The van der Waals surface area contributed by atoms with E-state index in [1.165, 1.54) is 6.26 Å². The maximum absolute atomic E-state index is 12.0. The molecule has 0 saturated carbocycles. The second-order valence-electron chi connectivity index (χ2n) is 7.25. The summed E-state index contributed by atoms with van der Waals surface area (Å²) in [7, 11) is -2.83. The van der Waals surface area contributed by atoms with E-state index >= 15 is 0 Å². The lowest BCUT2D eigenvalue weighted by molar-refractivity contribution is 0.281. The van der Waals surface area contributed by atoms with Gasteiger partial charge in [0, 0.05) is 28.4 Å². The molecular formula is C23H25N5O2S. The molecule has 4 N–H and O–H groups in total. The standard InChI is InChI=1S/C23H25N5O2S/c1-16-7-4-5-8-18(16)11-12-19-14-25-23(28-22(19)26-17(2)15-29)27-20-9-6-10-21(13-20)31(3,24)30/h4-10,13-14,17,24,29H,15H2,1-3H3,(H2,25,26,27,28). The molecule has 31 heavy (non-hydrogen) atoms. The van der Waals surface area contributed by atoms with Crippen molar-refractivity contribution in [3.8, 4) is 11.8 Å². The number of aryl methyl sites for hydroxylation is 1. The predicted molar refractivity (Wildman–Crippen MR) is 124 cm³/mol. The summed E-state index contributed by atoms with van der Waals surface area (Å²) in [6.07, 6.45) is 2.99. The molecule has 0 radical (unpaired) electrons. The van der Waals surface area contributed by atoms with Crippen LogP contribution >= 0.6 is 0 Å². The number of nitrogens with one attached hydrogen (secondary N) is 3. The Hall–Kier alpha value is -3.41. The molecule has 2 aromatic carbocycles. The second kappa shape index (κ2) is 9.60. The van der Waals surface area contributed by atoms with E-state index in [2.05, 4.69) is 32.4 Å². The molecule has 3 rings (SSSR count). The monoisotopic (exact) mass is 435 g/mol. The number of hydrogen-bond donors (Lipinski definition) is 4. The van der Waals surface area contributed by atoms with Crippen LogP contribution in [0.15, 0.2) is 59.6 Å². The minimum atomic E-state index is -2.83. The summed E-state index contributed by atoms with van der Waals surface area (Å²) in [5.41, 5.74) is 3.22. The zero-order valence-corrected chi connectivity index (χ0v) is 18.5. The largest absolute Gasteiger partial charge is 0.394 e. The van der Waals surface area contributed by atoms with Gasteiger partial charge in [-0.05, 0) is 43.7 Å². The van der Waals surface area contributed by atoms with Gasteiger partial charge in [-0.1, -0.05) is 36.1 Å². The Kier molecular flexibility index (Phi) is 6.90. The van der Waals surface area contributed by atoms with Crippen molar-refractivity contribution in [2.45, 2.75) is 24.8 Å². The number of anilines is 3. The highest BCUT2D eigenvalue weighted by Crippen LogP contribution is 2.21. The van der Waals surface area contributed by atoms with E-state index in [0.29, 0.717) is 27.9 Å². The van der Waals surface area contributed by atoms with Crippen LogP contribution in [0.1, 0.15) is 23.6 Å². The van der Waals surface area contributed by atoms with Crippen molar-refractivity contribution in [2.24, 2.45) is 0 Å². The minimum Gasteiger partial charge on any atom is -0.394 e. The van der Waals surface area contributed by atoms with Crippen LogP contribution in [0.3, 0.4) is 0 Å². The van der Waals surface area contributed by atoms with E-state index in [1.807, 2.05) is 38.1 Å². The Bertz CT molecular complexity index is 1250. The van der Waals surface area contributed by atoms with Gasteiger partial charge < -0.3 is 15.7 Å². The molecule has 2 unspecified atom stereocenters. The number of aliphatic hydroxyl groups excluding tert-OH is 1. The van der Waals surface area contributed by atoms with Gasteiger partial charge in [-0.3, -0.25) is 0 Å². The minimum absolute atomic E-state index is 0.0617. The normalized spacial score (nSPS) is 13.4. The quantitative estimate of drug-likeness (QED) is 0.439. The van der Waals surface area contributed by atoms with Gasteiger partial charge in [0.05, 0.1) is 28.1 Å². The molecule has 3 aromatic rings. The number of hydrogen-bond acceptors (Lipinski definition) is 7. The van der Waals surface area contributed by atoms with E-state index in [4.69, 9.17) is 4.78 Å². The van der Waals surface area contributed by atoms with E-state index < -0.39 is 9.73 Å². The SMILES string of the molecule is Cc1ccccc1C#Cc1cnc(Nc2cccc(S(C)(=N)=O)c2)nc1NC(C)CO. The first-order valence-corrected chi connectivity index (χ1v) is 11.7. The lowest BCUT2D eigenvalue weighted by Crippen LogP contribution is -2.21. The van der Waals surface area contributed by atoms with Crippen LogP contribution in [0, 0.1) is 23.5 Å². The number of aromatic nitrogens is 2. The van der Waals surface area contributed by atoms with Crippen LogP contribution in [0.4, 0.5) is 17.5 Å². The number of nitrogens with zero attached hydrogens (tertiary/aromatic N) is 2. The third-order valence-corrected chi connectivity index (χ3v) is 5.62. The maximum Gasteiger partial charge on any atom is 0.229 e. The molecule has 0 amide bonds. The first-order valence-electron chi connectivity index (χ1n) is 9.69. The van der Waals surface area contributed by atoms with Gasteiger partial charge in [-0.15, -0.1) is 0 Å². The average Bonchev–Trinajstić information content (AvgIpc) is 2.74. The smallest absolute Gasteiger partial charge is 0.229 e. The molecule has 1 heterocycles. The van der Waals surface area contributed by atoms with E-state index in [0.717, 1.165) is 11.1 Å². The topological polar surface area (TPSA) is 111 Å². The third kappa shape index (κ3) is 6.04. The van der Waals surface area contributed by atoms with Crippen molar-refractivity contribution in [3.05, 3.63) is 71.4 Å². The lowest BCUT2D eigenvalue weighted by atomic mass is 10.1. The highest BCUT2D eigenvalue weighted by atomic mass is 32.2. The van der Waals surface area contributed by atoms with Crippen molar-refractivity contribution in [3.63, 3.8) is 0 Å². The molecule has 0 aliphatic carbocycles. The molecule has 1 aromatic heterocycles. The fourth-order valence-electron chi connectivity index (χ4n) is 2.72. The molecule has 160 valence electrons. The van der Waals surface area contributed by atoms with E-state index in [1.54, 1.807) is 30.5 Å². The summed E-state index contributed by atoms with van der Waals surface area (Å²) in [6, 6.07) is 14.4. The molecule has 0 fully saturated rings. The summed E-state index contributed by atoms with van der Waals surface area (Å²) in [5, 5.41) is 15.7. The van der Waals surface area contributed by atoms with Crippen LogP contribution in [-0.2, 0) is 9.73 Å². The zero-order chi connectivity index (χ0) is 22.4. The van der Waals surface area contributed by atoms with Crippen LogP contribution in [-0.4, -0.2) is 38.2 Å². The molecule has 2 atom stereocenters. The predicted octanol–water partition coefficient (Wildman–Crippen LogP) is 3.76. The molecule has 8 heteroatoms. The fraction of sp³-hybridized carbons (Fsp3) is 0.217. The van der Waals surface area contributed by atoms with Crippen molar-refractivity contribution in [1.29, 1.82) is 4.78 Å². The molecule has 7 nitrogen and oxygen atoms in total. The second-order valence-corrected chi connectivity index (χ2v) is 9.40.